The summed E-state index contributed by atoms with van der Waals surface area (Å²) in [6.45, 7) is 16.6. The van der Waals surface area contributed by atoms with Gasteiger partial charge in [-0.1, -0.05) is 12.5 Å². The highest BCUT2D eigenvalue weighted by molar-refractivity contribution is 6.01. The number of ether oxygens (including phenoxy) is 2. The Hall–Kier alpha value is -1.40. The van der Waals surface area contributed by atoms with Crippen LogP contribution in [0.1, 0.15) is 80.1 Å². The summed E-state index contributed by atoms with van der Waals surface area (Å²) in [5, 5.41) is 2.06. The molecule has 1 heterocycles. The Morgan fingerprint density at radius 1 is 1.00 bits per heavy atom. The van der Waals surface area contributed by atoms with Gasteiger partial charge in [-0.25, -0.2) is 0 Å². The Morgan fingerprint density at radius 3 is 1.97 bits per heavy atom. The van der Waals surface area contributed by atoms with Crippen LogP contribution in [-0.4, -0.2) is 47.4 Å². The molecule has 0 radical (unpaired) electrons. The predicted molar refractivity (Wildman–Crippen MR) is 112 cm³/mol. The summed E-state index contributed by atoms with van der Waals surface area (Å²) in [5.41, 5.74) is -1.65. The van der Waals surface area contributed by atoms with Gasteiger partial charge in [-0.05, 0) is 73.6 Å². The van der Waals surface area contributed by atoms with E-state index < -0.39 is 23.5 Å². The number of carbonyl (C=O) groups is 2. The first-order valence-corrected chi connectivity index (χ1v) is 11.0. The van der Waals surface area contributed by atoms with E-state index in [9.17, 15) is 9.59 Å². The van der Waals surface area contributed by atoms with Crippen LogP contribution in [0.15, 0.2) is 12.7 Å². The molecule has 0 spiro atoms. The van der Waals surface area contributed by atoms with Crippen molar-refractivity contribution in [2.24, 2.45) is 11.3 Å². The third-order valence-electron chi connectivity index (χ3n) is 6.53. The third-order valence-corrected chi connectivity index (χ3v) is 6.53. The fraction of sp³-hybridized carbons (Fsp3) is 0.826. The molecule has 166 valence electrons. The van der Waals surface area contributed by atoms with Gasteiger partial charge in [-0.2, -0.15) is 5.06 Å². The summed E-state index contributed by atoms with van der Waals surface area (Å²) in [4.78, 5) is 32.6. The van der Waals surface area contributed by atoms with Gasteiger partial charge < -0.3 is 9.47 Å². The average Bonchev–Trinajstić information content (AvgIpc) is 3.07. The maximum atomic E-state index is 13.0. The zero-order valence-corrected chi connectivity index (χ0v) is 19.1. The first-order valence-electron chi connectivity index (χ1n) is 11.0. The number of esters is 2. The molecule has 0 aromatic rings. The lowest BCUT2D eigenvalue weighted by atomic mass is 9.74. The normalized spacial score (nSPS) is 26.5. The summed E-state index contributed by atoms with van der Waals surface area (Å²) in [5.74, 6) is -1.38. The third kappa shape index (κ3) is 4.53. The van der Waals surface area contributed by atoms with Crippen molar-refractivity contribution >= 4 is 11.9 Å². The quantitative estimate of drug-likeness (QED) is 0.336. The number of piperidine rings is 1. The van der Waals surface area contributed by atoms with Crippen molar-refractivity contribution in [1.82, 2.24) is 5.06 Å². The van der Waals surface area contributed by atoms with Crippen molar-refractivity contribution < 1.29 is 23.9 Å². The standard InChI is InChI=1S/C23H39NO5/c1-8-18(29-24-21(4,5)14-12-15-22(24,6)7)17-13-11-16-23(17,19(25)27-9-2)20(26)28-10-3/h8,17-18H,1,9-16H2,2-7H3/t17-,18+/m1/s1. The molecule has 2 fully saturated rings. The Bertz CT molecular complexity index is 578. The Morgan fingerprint density at radius 2 is 1.52 bits per heavy atom. The lowest BCUT2D eigenvalue weighted by Gasteiger charge is -2.53. The van der Waals surface area contributed by atoms with E-state index in [1.54, 1.807) is 19.9 Å². The highest BCUT2D eigenvalue weighted by Gasteiger charge is 2.60. The van der Waals surface area contributed by atoms with E-state index in [-0.39, 0.29) is 30.2 Å². The molecule has 2 aliphatic rings. The van der Waals surface area contributed by atoms with Crippen LogP contribution in [0.5, 0.6) is 0 Å². The van der Waals surface area contributed by atoms with E-state index in [0.29, 0.717) is 12.8 Å². The molecular weight excluding hydrogens is 370 g/mol. The van der Waals surface area contributed by atoms with E-state index in [4.69, 9.17) is 14.3 Å². The second kappa shape index (κ2) is 9.17. The maximum Gasteiger partial charge on any atom is 0.323 e. The zero-order valence-electron chi connectivity index (χ0n) is 19.1. The molecule has 0 N–H and O–H groups in total. The highest BCUT2D eigenvalue weighted by atomic mass is 16.7. The minimum absolute atomic E-state index is 0.155. The molecular formula is C23H39NO5. The van der Waals surface area contributed by atoms with Crippen LogP contribution in [-0.2, 0) is 23.9 Å². The maximum absolute atomic E-state index is 13.0. The van der Waals surface area contributed by atoms with Gasteiger partial charge in [0.2, 0.25) is 0 Å². The second-order valence-corrected chi connectivity index (χ2v) is 9.49. The van der Waals surface area contributed by atoms with Gasteiger partial charge in [0.1, 0.15) is 6.10 Å². The van der Waals surface area contributed by atoms with Crippen molar-refractivity contribution in [2.75, 3.05) is 13.2 Å². The number of hydrogen-bond donors (Lipinski definition) is 0. The molecule has 2 rings (SSSR count). The molecule has 0 unspecified atom stereocenters. The van der Waals surface area contributed by atoms with Gasteiger partial charge in [-0.15, -0.1) is 6.58 Å². The molecule has 1 aliphatic carbocycles. The smallest absolute Gasteiger partial charge is 0.323 e. The van der Waals surface area contributed by atoms with Crippen LogP contribution in [0.2, 0.25) is 0 Å². The summed E-state index contributed by atoms with van der Waals surface area (Å²) in [6, 6.07) is 0. The molecule has 2 atom stereocenters. The lowest BCUT2D eigenvalue weighted by Crippen LogP contribution is -2.60. The second-order valence-electron chi connectivity index (χ2n) is 9.49. The van der Waals surface area contributed by atoms with E-state index in [1.165, 1.54) is 0 Å². The zero-order chi connectivity index (χ0) is 21.9. The van der Waals surface area contributed by atoms with Crippen LogP contribution in [0.4, 0.5) is 0 Å². The van der Waals surface area contributed by atoms with Crippen molar-refractivity contribution in [1.29, 1.82) is 0 Å². The van der Waals surface area contributed by atoms with E-state index in [1.807, 2.05) is 0 Å². The van der Waals surface area contributed by atoms with Crippen molar-refractivity contribution in [3.05, 3.63) is 12.7 Å². The minimum Gasteiger partial charge on any atom is -0.465 e. The molecule has 6 heteroatoms. The summed E-state index contributed by atoms with van der Waals surface area (Å²) in [7, 11) is 0. The lowest BCUT2D eigenvalue weighted by molar-refractivity contribution is -0.306. The summed E-state index contributed by atoms with van der Waals surface area (Å²) >= 11 is 0. The molecule has 29 heavy (non-hydrogen) atoms. The van der Waals surface area contributed by atoms with E-state index in [0.717, 1.165) is 25.7 Å². The molecule has 1 saturated carbocycles. The number of rotatable bonds is 8. The molecule has 6 nitrogen and oxygen atoms in total. The Kier molecular flexibility index (Phi) is 7.55. The Balaban J connectivity index is 2.39. The molecule has 0 aromatic heterocycles. The van der Waals surface area contributed by atoms with Crippen LogP contribution in [0, 0.1) is 11.3 Å². The van der Waals surface area contributed by atoms with Crippen LogP contribution >= 0.6 is 0 Å². The molecule has 0 amide bonds. The first kappa shape index (κ1) is 23.9. The fourth-order valence-electron chi connectivity index (χ4n) is 5.25. The average molecular weight is 410 g/mol. The van der Waals surface area contributed by atoms with Gasteiger partial charge in [0, 0.05) is 17.0 Å². The van der Waals surface area contributed by atoms with Crippen LogP contribution in [0.3, 0.4) is 0 Å². The number of carbonyl (C=O) groups excluding carboxylic acids is 2. The fourth-order valence-corrected chi connectivity index (χ4v) is 5.25. The molecule has 1 aliphatic heterocycles. The topological polar surface area (TPSA) is 65.1 Å². The number of nitrogens with zero attached hydrogens (tertiary/aromatic N) is 1. The van der Waals surface area contributed by atoms with E-state index in [2.05, 4.69) is 39.3 Å². The molecule has 0 aromatic carbocycles. The molecule has 0 bridgehead atoms. The summed E-state index contributed by atoms with van der Waals surface area (Å²) < 4.78 is 10.7. The SMILES string of the molecule is C=C[C@H](ON1C(C)(C)CCCC1(C)C)[C@H]1CCCC1(C(=O)OCC)C(=O)OCC. The van der Waals surface area contributed by atoms with Crippen molar-refractivity contribution in [2.45, 2.75) is 97.2 Å². The van der Waals surface area contributed by atoms with Crippen molar-refractivity contribution in [3.8, 4) is 0 Å². The number of hydroxylamine groups is 2. The largest absolute Gasteiger partial charge is 0.465 e. The first-order chi connectivity index (χ1) is 13.6. The van der Waals surface area contributed by atoms with Gasteiger partial charge in [0.05, 0.1) is 13.2 Å². The van der Waals surface area contributed by atoms with Gasteiger partial charge in [0.25, 0.3) is 0 Å². The monoisotopic (exact) mass is 409 g/mol. The summed E-state index contributed by atoms with van der Waals surface area (Å²) in [6.07, 6.45) is 6.25. The molecule has 1 saturated heterocycles. The van der Waals surface area contributed by atoms with Crippen molar-refractivity contribution in [3.63, 3.8) is 0 Å². The minimum atomic E-state index is -1.34. The Labute approximate surface area is 175 Å². The van der Waals surface area contributed by atoms with Gasteiger partial charge in [0.15, 0.2) is 5.41 Å². The highest BCUT2D eigenvalue weighted by Crippen LogP contribution is 2.49. The van der Waals surface area contributed by atoms with Gasteiger partial charge in [-0.3, -0.25) is 14.4 Å². The van der Waals surface area contributed by atoms with Crippen LogP contribution in [0.25, 0.3) is 0 Å². The van der Waals surface area contributed by atoms with E-state index >= 15 is 0 Å². The number of hydrogen-bond acceptors (Lipinski definition) is 6. The van der Waals surface area contributed by atoms with Gasteiger partial charge >= 0.3 is 11.9 Å². The van der Waals surface area contributed by atoms with Crippen LogP contribution < -0.4 is 0 Å². The predicted octanol–water partition coefficient (Wildman–Crippen LogP) is 4.43.